The highest BCUT2D eigenvalue weighted by atomic mass is 35.5. The Morgan fingerprint density at radius 2 is 1.83 bits per heavy atom. The van der Waals surface area contributed by atoms with Gasteiger partial charge in [0.15, 0.2) is 6.29 Å². The van der Waals surface area contributed by atoms with Crippen LogP contribution >= 0.6 is 11.6 Å². The van der Waals surface area contributed by atoms with Crippen LogP contribution in [0.2, 0.25) is 5.02 Å². The molecule has 1 N–H and O–H groups in total. The summed E-state index contributed by atoms with van der Waals surface area (Å²) >= 11 is 6.69. The Morgan fingerprint density at radius 3 is 2.60 bits per heavy atom. The highest BCUT2D eigenvalue weighted by Gasteiger charge is 2.18. The van der Waals surface area contributed by atoms with Crippen LogP contribution < -0.4 is 9.64 Å². The van der Waals surface area contributed by atoms with Crippen LogP contribution in [0.15, 0.2) is 73.1 Å². The molecular weight excluding hydrogens is 550 g/mol. The highest BCUT2D eigenvalue weighted by molar-refractivity contribution is 6.33. The van der Waals surface area contributed by atoms with E-state index in [4.69, 9.17) is 21.3 Å². The van der Waals surface area contributed by atoms with Gasteiger partial charge in [-0.2, -0.15) is 0 Å². The van der Waals surface area contributed by atoms with Crippen LogP contribution in [0.3, 0.4) is 0 Å². The van der Waals surface area contributed by atoms with E-state index in [0.29, 0.717) is 41.4 Å². The maximum atomic E-state index is 11.4. The number of fused-ring (bicyclic) bond motifs is 1. The molecule has 2 heterocycles. The first-order valence-corrected chi connectivity index (χ1v) is 14.0. The number of para-hydroxylation sites is 2. The molecule has 2 aromatic heterocycles. The van der Waals surface area contributed by atoms with E-state index in [1.165, 1.54) is 0 Å². The Bertz CT molecular complexity index is 1730. The van der Waals surface area contributed by atoms with E-state index in [1.54, 1.807) is 25.4 Å². The Hall–Kier alpha value is -4.40. The summed E-state index contributed by atoms with van der Waals surface area (Å²) < 4.78 is 7.78. The predicted molar refractivity (Wildman–Crippen MR) is 168 cm³/mol. The molecule has 0 saturated heterocycles. The fourth-order valence-corrected chi connectivity index (χ4v) is 5.22. The van der Waals surface area contributed by atoms with E-state index in [1.807, 2.05) is 47.2 Å². The first-order chi connectivity index (χ1) is 20.3. The largest absolute Gasteiger partial charge is 0.507 e. The van der Waals surface area contributed by atoms with Crippen molar-refractivity contribution in [2.45, 2.75) is 13.0 Å². The SMILES string of the molecule is COc1cc(N(C)CCN(C)C)ccc1Cc1ncc(Cl)c(-c2cn(Cc3cccc(C=O)c3O)c3ccccc23)n1. The molecule has 0 aliphatic carbocycles. The second-order valence-corrected chi connectivity index (χ2v) is 10.9. The van der Waals surface area contributed by atoms with Gasteiger partial charge in [0.2, 0.25) is 0 Å². The third-order valence-electron chi connectivity index (χ3n) is 7.40. The molecular formula is C33H34ClN5O3. The number of hydrogen-bond acceptors (Lipinski definition) is 7. The minimum atomic E-state index is -0.0157. The molecule has 0 aliphatic rings. The van der Waals surface area contributed by atoms with Crippen LogP contribution in [-0.4, -0.2) is 72.2 Å². The van der Waals surface area contributed by atoms with Gasteiger partial charge in [0.1, 0.15) is 17.3 Å². The molecule has 0 radical (unpaired) electrons. The number of methoxy groups -OCH3 is 1. The van der Waals surface area contributed by atoms with Gasteiger partial charge >= 0.3 is 0 Å². The average Bonchev–Trinajstić information content (AvgIpc) is 3.36. The molecule has 42 heavy (non-hydrogen) atoms. The number of likely N-dealkylation sites (N-methyl/N-ethyl adjacent to an activating group) is 2. The minimum absolute atomic E-state index is 0.0157. The van der Waals surface area contributed by atoms with Gasteiger partial charge < -0.3 is 24.2 Å². The second-order valence-electron chi connectivity index (χ2n) is 10.5. The number of halogens is 1. The van der Waals surface area contributed by atoms with Crippen LogP contribution in [0.1, 0.15) is 27.3 Å². The third kappa shape index (κ3) is 6.10. The Morgan fingerprint density at radius 1 is 1.02 bits per heavy atom. The van der Waals surface area contributed by atoms with Crippen molar-refractivity contribution in [1.29, 1.82) is 0 Å². The lowest BCUT2D eigenvalue weighted by atomic mass is 10.1. The molecule has 0 amide bonds. The van der Waals surface area contributed by atoms with Crippen molar-refractivity contribution >= 4 is 34.5 Å². The van der Waals surface area contributed by atoms with Gasteiger partial charge in [0.25, 0.3) is 0 Å². The number of ether oxygens (including phenoxy) is 1. The molecule has 8 nitrogen and oxygen atoms in total. The number of carbonyl (C=O) groups excluding carboxylic acids is 1. The molecule has 0 fully saturated rings. The van der Waals surface area contributed by atoms with Gasteiger partial charge in [-0.1, -0.05) is 48.0 Å². The molecule has 0 unspecified atom stereocenters. The van der Waals surface area contributed by atoms with Gasteiger partial charge in [-0.3, -0.25) is 4.79 Å². The summed E-state index contributed by atoms with van der Waals surface area (Å²) in [6.45, 7) is 2.22. The van der Waals surface area contributed by atoms with Crippen molar-refractivity contribution in [3.05, 3.63) is 101 Å². The van der Waals surface area contributed by atoms with Gasteiger partial charge in [0, 0.05) is 78.3 Å². The van der Waals surface area contributed by atoms with Crippen LogP contribution in [0.25, 0.3) is 22.2 Å². The Labute approximate surface area is 250 Å². The van der Waals surface area contributed by atoms with Crippen LogP contribution in [0, 0.1) is 0 Å². The van der Waals surface area contributed by atoms with Crippen molar-refractivity contribution in [3.63, 3.8) is 0 Å². The number of nitrogens with zero attached hydrogens (tertiary/aromatic N) is 5. The second kappa shape index (κ2) is 12.6. The molecule has 5 rings (SSSR count). The number of carbonyl (C=O) groups is 1. The number of aldehydes is 1. The summed E-state index contributed by atoms with van der Waals surface area (Å²) in [5, 5.41) is 12.0. The number of aromatic hydroxyl groups is 1. The molecule has 0 saturated carbocycles. The van der Waals surface area contributed by atoms with Crippen LogP contribution in [0.5, 0.6) is 11.5 Å². The number of phenols is 1. The number of rotatable bonds is 11. The highest BCUT2D eigenvalue weighted by Crippen LogP contribution is 2.35. The number of phenolic OH excluding ortho intramolecular Hbond substituents is 1. The summed E-state index contributed by atoms with van der Waals surface area (Å²) in [5.41, 5.74) is 5.39. The molecule has 0 spiro atoms. The third-order valence-corrected chi connectivity index (χ3v) is 7.68. The van der Waals surface area contributed by atoms with Crippen molar-refractivity contribution in [1.82, 2.24) is 19.4 Å². The molecule has 3 aromatic carbocycles. The maximum Gasteiger partial charge on any atom is 0.153 e. The topological polar surface area (TPSA) is 83.7 Å². The lowest BCUT2D eigenvalue weighted by Crippen LogP contribution is -2.28. The zero-order valence-electron chi connectivity index (χ0n) is 24.2. The lowest BCUT2D eigenvalue weighted by molar-refractivity contribution is 0.112. The van der Waals surface area contributed by atoms with Gasteiger partial charge in [0.05, 0.1) is 29.9 Å². The number of hydrogen-bond donors (Lipinski definition) is 1. The van der Waals surface area contributed by atoms with Crippen LogP contribution in [-0.2, 0) is 13.0 Å². The standard InChI is InChI=1S/C33H34ClN5O3/c1-37(2)14-15-38(3)25-13-12-22(30(17-25)42-4)16-31-35-18-28(34)32(36-31)27-20-39(29-11-6-5-10-26(27)29)19-23-8-7-9-24(21-40)33(23)41/h5-13,17-18,20-21,41H,14-16,19H2,1-4H3. The predicted octanol–water partition coefficient (Wildman–Crippen LogP) is 5.92. The van der Waals surface area contributed by atoms with E-state index in [2.05, 4.69) is 48.1 Å². The van der Waals surface area contributed by atoms with Gasteiger partial charge in [-0.25, -0.2) is 9.97 Å². The Kier molecular flexibility index (Phi) is 8.75. The fourth-order valence-electron chi connectivity index (χ4n) is 5.03. The summed E-state index contributed by atoms with van der Waals surface area (Å²) in [6.07, 6.45) is 4.75. The quantitative estimate of drug-likeness (QED) is 0.193. The number of anilines is 1. The smallest absolute Gasteiger partial charge is 0.153 e. The first-order valence-electron chi connectivity index (χ1n) is 13.7. The lowest BCUT2D eigenvalue weighted by Gasteiger charge is -2.22. The van der Waals surface area contributed by atoms with Crippen molar-refractivity contribution in [3.8, 4) is 22.8 Å². The average molecular weight is 584 g/mol. The van der Waals surface area contributed by atoms with Crippen molar-refractivity contribution < 1.29 is 14.6 Å². The normalized spacial score (nSPS) is 11.3. The molecule has 0 aliphatic heterocycles. The van der Waals surface area contributed by atoms with E-state index in [9.17, 15) is 9.90 Å². The van der Waals surface area contributed by atoms with Crippen LogP contribution in [0.4, 0.5) is 5.69 Å². The van der Waals surface area contributed by atoms with E-state index >= 15 is 0 Å². The van der Waals surface area contributed by atoms with Gasteiger partial charge in [-0.05, 0) is 32.3 Å². The maximum absolute atomic E-state index is 11.4. The minimum Gasteiger partial charge on any atom is -0.507 e. The monoisotopic (exact) mass is 583 g/mol. The first kappa shape index (κ1) is 29.1. The zero-order valence-corrected chi connectivity index (χ0v) is 25.0. The summed E-state index contributed by atoms with van der Waals surface area (Å²) in [7, 11) is 7.87. The zero-order chi connectivity index (χ0) is 29.8. The van der Waals surface area contributed by atoms with E-state index in [-0.39, 0.29) is 11.3 Å². The summed E-state index contributed by atoms with van der Waals surface area (Å²) in [4.78, 5) is 25.2. The molecule has 0 bridgehead atoms. The Balaban J connectivity index is 1.48. The molecule has 5 aromatic rings. The summed E-state index contributed by atoms with van der Waals surface area (Å²) in [6, 6.07) is 19.3. The van der Waals surface area contributed by atoms with Gasteiger partial charge in [-0.15, -0.1) is 0 Å². The molecule has 216 valence electrons. The van der Waals surface area contributed by atoms with Crippen molar-refractivity contribution in [2.75, 3.05) is 46.2 Å². The molecule has 0 atom stereocenters. The van der Waals surface area contributed by atoms with Crippen molar-refractivity contribution in [2.24, 2.45) is 0 Å². The fraction of sp³-hybridized carbons (Fsp3) is 0.242. The van der Waals surface area contributed by atoms with E-state index in [0.717, 1.165) is 46.6 Å². The number of aromatic nitrogens is 3. The number of benzene rings is 3. The summed E-state index contributed by atoms with van der Waals surface area (Å²) in [5.74, 6) is 1.38. The van der Waals surface area contributed by atoms with E-state index < -0.39 is 0 Å². The molecule has 9 heteroatoms.